The Balaban J connectivity index is 2.11. The van der Waals surface area contributed by atoms with Crippen molar-refractivity contribution in [1.29, 1.82) is 0 Å². The Hall–Kier alpha value is -2.57. The molecule has 0 radical (unpaired) electrons. The van der Waals surface area contributed by atoms with Crippen molar-refractivity contribution in [2.45, 2.75) is 13.3 Å². The maximum atomic E-state index is 12.7. The monoisotopic (exact) mass is 368 g/mol. The number of aryl methyl sites for hydroxylation is 1. The highest BCUT2D eigenvalue weighted by molar-refractivity contribution is 7.20. The molecular formula is C18H13ClN4OS. The van der Waals surface area contributed by atoms with E-state index in [0.29, 0.717) is 17.1 Å². The lowest BCUT2D eigenvalue weighted by Crippen LogP contribution is -2.14. The van der Waals surface area contributed by atoms with Crippen molar-refractivity contribution in [3.8, 4) is 21.8 Å². The minimum atomic E-state index is -0.0941. The topological polar surface area (TPSA) is 60.2 Å². The number of rotatable bonds is 3. The first-order chi connectivity index (χ1) is 12.2. The van der Waals surface area contributed by atoms with Gasteiger partial charge in [-0.15, -0.1) is 0 Å². The van der Waals surface area contributed by atoms with Crippen LogP contribution in [0, 0.1) is 0 Å². The molecule has 0 bridgehead atoms. The van der Waals surface area contributed by atoms with Crippen LogP contribution in [0.3, 0.4) is 0 Å². The van der Waals surface area contributed by atoms with Gasteiger partial charge in [0.1, 0.15) is 0 Å². The quantitative estimate of drug-likeness (QED) is 0.511. The Bertz CT molecular complexity index is 1120. The Kier molecular flexibility index (Phi) is 4.07. The van der Waals surface area contributed by atoms with E-state index in [1.807, 2.05) is 37.3 Å². The van der Waals surface area contributed by atoms with Gasteiger partial charge < -0.3 is 0 Å². The molecule has 5 nitrogen and oxygen atoms in total. The normalized spacial score (nSPS) is 11.1. The van der Waals surface area contributed by atoms with Gasteiger partial charge in [-0.1, -0.05) is 48.6 Å². The molecule has 0 unspecified atom stereocenters. The third-order valence-corrected chi connectivity index (χ3v) is 5.09. The van der Waals surface area contributed by atoms with E-state index in [1.54, 1.807) is 22.7 Å². The zero-order valence-corrected chi connectivity index (χ0v) is 14.9. The van der Waals surface area contributed by atoms with Crippen molar-refractivity contribution >= 4 is 27.9 Å². The minimum absolute atomic E-state index is 0.0941. The first-order valence-corrected chi connectivity index (χ1v) is 8.96. The van der Waals surface area contributed by atoms with E-state index in [-0.39, 0.29) is 10.8 Å². The number of thiazole rings is 1. The summed E-state index contributed by atoms with van der Waals surface area (Å²) in [5, 5.41) is 0.170. The predicted octanol–water partition coefficient (Wildman–Crippen LogP) is 4.10. The summed E-state index contributed by atoms with van der Waals surface area (Å²) in [6.45, 7) is 1.98. The smallest absolute Gasteiger partial charge is 0.259 e. The number of halogens is 1. The third-order valence-electron chi connectivity index (χ3n) is 3.84. The lowest BCUT2D eigenvalue weighted by atomic mass is 10.1. The van der Waals surface area contributed by atoms with Crippen molar-refractivity contribution in [1.82, 2.24) is 19.4 Å². The van der Waals surface area contributed by atoms with Crippen LogP contribution in [0.15, 0.2) is 53.5 Å². The fourth-order valence-corrected chi connectivity index (χ4v) is 3.98. The molecule has 4 rings (SSSR count). The van der Waals surface area contributed by atoms with Gasteiger partial charge in [-0.2, -0.15) is 0 Å². The maximum absolute atomic E-state index is 12.7. The highest BCUT2D eigenvalue weighted by atomic mass is 35.5. The molecule has 3 heterocycles. The standard InChI is InChI=1S/C18H13ClN4OS/c1-2-12-10-14(24)23-15(11-6-4-3-5-7-11)16(25-18(23)21-12)13-8-9-20-17(19)22-13/h3-10H,2H2,1H3. The van der Waals surface area contributed by atoms with E-state index in [1.165, 1.54) is 11.3 Å². The molecule has 0 amide bonds. The summed E-state index contributed by atoms with van der Waals surface area (Å²) in [6.07, 6.45) is 2.32. The molecule has 0 aliphatic heterocycles. The molecule has 4 aromatic rings. The van der Waals surface area contributed by atoms with Gasteiger partial charge in [-0.05, 0) is 24.1 Å². The van der Waals surface area contributed by atoms with Crippen LogP contribution in [0.5, 0.6) is 0 Å². The second-order valence-electron chi connectivity index (χ2n) is 5.41. The molecule has 0 spiro atoms. The molecule has 7 heteroatoms. The molecule has 0 aliphatic rings. The fraction of sp³-hybridized carbons (Fsp3) is 0.111. The zero-order valence-electron chi connectivity index (χ0n) is 13.3. The Labute approximate surface area is 152 Å². The van der Waals surface area contributed by atoms with Crippen molar-refractivity contribution in [2.24, 2.45) is 0 Å². The molecule has 124 valence electrons. The summed E-state index contributed by atoms with van der Waals surface area (Å²) < 4.78 is 1.64. The van der Waals surface area contributed by atoms with Crippen LogP contribution >= 0.6 is 22.9 Å². The molecule has 0 aliphatic carbocycles. The van der Waals surface area contributed by atoms with E-state index >= 15 is 0 Å². The van der Waals surface area contributed by atoms with Crippen LogP contribution in [0.1, 0.15) is 12.6 Å². The number of hydrogen-bond acceptors (Lipinski definition) is 5. The average molecular weight is 369 g/mol. The van der Waals surface area contributed by atoms with E-state index < -0.39 is 0 Å². The SMILES string of the molecule is CCc1cc(=O)n2c(-c3ccccc3)c(-c3ccnc(Cl)n3)sc2n1. The summed E-state index contributed by atoms with van der Waals surface area (Å²) in [6, 6.07) is 13.1. The van der Waals surface area contributed by atoms with E-state index in [2.05, 4.69) is 15.0 Å². The number of fused-ring (bicyclic) bond motifs is 1. The third kappa shape index (κ3) is 2.83. The summed E-state index contributed by atoms with van der Waals surface area (Å²) >= 11 is 7.40. The lowest BCUT2D eigenvalue weighted by molar-refractivity contribution is 0.986. The fourth-order valence-electron chi connectivity index (χ4n) is 2.69. The minimum Gasteiger partial charge on any atom is -0.269 e. The largest absolute Gasteiger partial charge is 0.269 e. The number of hydrogen-bond donors (Lipinski definition) is 0. The van der Waals surface area contributed by atoms with Crippen LogP contribution in [-0.4, -0.2) is 19.4 Å². The van der Waals surface area contributed by atoms with Gasteiger partial charge in [0.05, 0.1) is 16.3 Å². The van der Waals surface area contributed by atoms with Gasteiger partial charge in [-0.25, -0.2) is 15.0 Å². The van der Waals surface area contributed by atoms with Crippen LogP contribution < -0.4 is 5.56 Å². The van der Waals surface area contributed by atoms with Crippen molar-refractivity contribution < 1.29 is 0 Å². The van der Waals surface area contributed by atoms with Crippen LogP contribution in [0.4, 0.5) is 0 Å². The highest BCUT2D eigenvalue weighted by Crippen LogP contribution is 2.37. The predicted molar refractivity (Wildman–Crippen MR) is 100 cm³/mol. The number of benzene rings is 1. The number of aromatic nitrogens is 4. The lowest BCUT2D eigenvalue weighted by Gasteiger charge is -2.05. The first kappa shape index (κ1) is 15.9. The Morgan fingerprint density at radius 3 is 2.68 bits per heavy atom. The molecule has 0 atom stereocenters. The molecule has 1 aromatic carbocycles. The molecular weight excluding hydrogens is 356 g/mol. The van der Waals surface area contributed by atoms with E-state index in [4.69, 9.17) is 11.6 Å². The Morgan fingerprint density at radius 2 is 1.96 bits per heavy atom. The van der Waals surface area contributed by atoms with Gasteiger partial charge >= 0.3 is 0 Å². The van der Waals surface area contributed by atoms with Crippen LogP contribution in [0.25, 0.3) is 26.8 Å². The second kappa shape index (κ2) is 6.38. The average Bonchev–Trinajstić information content (AvgIpc) is 3.02. The molecule has 0 saturated carbocycles. The van der Waals surface area contributed by atoms with E-state index in [0.717, 1.165) is 21.8 Å². The maximum Gasteiger partial charge on any atom is 0.259 e. The molecule has 0 N–H and O–H groups in total. The highest BCUT2D eigenvalue weighted by Gasteiger charge is 2.19. The molecule has 0 saturated heterocycles. The summed E-state index contributed by atoms with van der Waals surface area (Å²) in [5.74, 6) is 0. The molecule has 3 aromatic heterocycles. The summed E-state index contributed by atoms with van der Waals surface area (Å²) in [7, 11) is 0. The molecule has 0 fully saturated rings. The van der Waals surface area contributed by atoms with Crippen LogP contribution in [0.2, 0.25) is 5.28 Å². The van der Waals surface area contributed by atoms with Gasteiger partial charge in [-0.3, -0.25) is 9.20 Å². The molecule has 25 heavy (non-hydrogen) atoms. The first-order valence-electron chi connectivity index (χ1n) is 7.77. The number of nitrogens with zero attached hydrogens (tertiary/aromatic N) is 4. The van der Waals surface area contributed by atoms with Crippen molar-refractivity contribution in [3.63, 3.8) is 0 Å². The zero-order chi connectivity index (χ0) is 17.4. The Morgan fingerprint density at radius 1 is 1.16 bits per heavy atom. The van der Waals surface area contributed by atoms with Gasteiger partial charge in [0.25, 0.3) is 5.56 Å². The second-order valence-corrected chi connectivity index (χ2v) is 6.73. The summed E-state index contributed by atoms with van der Waals surface area (Å²) in [4.78, 5) is 27.1. The van der Waals surface area contributed by atoms with Crippen molar-refractivity contribution in [2.75, 3.05) is 0 Å². The summed E-state index contributed by atoms with van der Waals surface area (Å²) in [5.41, 5.74) is 3.05. The van der Waals surface area contributed by atoms with Gasteiger partial charge in [0.15, 0.2) is 4.96 Å². The van der Waals surface area contributed by atoms with Gasteiger partial charge in [0.2, 0.25) is 5.28 Å². The van der Waals surface area contributed by atoms with Gasteiger partial charge in [0, 0.05) is 23.5 Å². The van der Waals surface area contributed by atoms with Crippen LogP contribution in [-0.2, 0) is 6.42 Å². The van der Waals surface area contributed by atoms with E-state index in [9.17, 15) is 4.79 Å². The van der Waals surface area contributed by atoms with Crippen molar-refractivity contribution in [3.05, 3.63) is 70.0 Å².